The molecule has 0 saturated carbocycles. The molecule has 3 aromatic carbocycles. The third-order valence-electron chi connectivity index (χ3n) is 5.65. The zero-order valence-electron chi connectivity index (χ0n) is 17.6. The van der Waals surface area contributed by atoms with Crippen molar-refractivity contribution in [2.75, 3.05) is 26.2 Å². The number of nitrogens with zero attached hydrogens (tertiary/aromatic N) is 4. The SMILES string of the molecule is C/C(=N/N1CCN(C(c2ccccc2)c2ccccc2)CC1)c1cccc([N+](=O)[O-])c1. The van der Waals surface area contributed by atoms with Crippen molar-refractivity contribution in [1.29, 1.82) is 0 Å². The van der Waals surface area contributed by atoms with E-state index in [0.29, 0.717) is 0 Å². The molecular formula is C25H26N4O2. The average Bonchev–Trinajstić information content (AvgIpc) is 2.82. The first kappa shape index (κ1) is 20.8. The van der Waals surface area contributed by atoms with Crippen molar-refractivity contribution < 1.29 is 4.92 Å². The molecule has 1 aliphatic heterocycles. The van der Waals surface area contributed by atoms with Gasteiger partial charge in [-0.25, -0.2) is 0 Å². The highest BCUT2D eigenvalue weighted by molar-refractivity contribution is 5.99. The number of nitro benzene ring substituents is 1. The van der Waals surface area contributed by atoms with Crippen molar-refractivity contribution in [3.05, 3.63) is 112 Å². The summed E-state index contributed by atoms with van der Waals surface area (Å²) in [4.78, 5) is 13.2. The summed E-state index contributed by atoms with van der Waals surface area (Å²) in [6.45, 7) is 5.30. The Morgan fingerprint density at radius 1 is 0.871 bits per heavy atom. The van der Waals surface area contributed by atoms with Crippen LogP contribution in [0, 0.1) is 10.1 Å². The van der Waals surface area contributed by atoms with Gasteiger partial charge in [-0.1, -0.05) is 72.8 Å². The summed E-state index contributed by atoms with van der Waals surface area (Å²) in [5.74, 6) is 0. The van der Waals surface area contributed by atoms with Crippen LogP contribution in [0.4, 0.5) is 5.69 Å². The molecule has 0 spiro atoms. The first-order chi connectivity index (χ1) is 15.1. The van der Waals surface area contributed by atoms with Crippen molar-refractivity contribution in [3.8, 4) is 0 Å². The highest BCUT2D eigenvalue weighted by Crippen LogP contribution is 2.29. The third-order valence-corrected chi connectivity index (χ3v) is 5.65. The number of non-ortho nitro benzene ring substituents is 1. The van der Waals surface area contributed by atoms with Crippen LogP contribution in [0.15, 0.2) is 90.0 Å². The molecule has 0 amide bonds. The Balaban J connectivity index is 1.48. The molecule has 0 radical (unpaired) electrons. The van der Waals surface area contributed by atoms with Crippen LogP contribution in [-0.4, -0.2) is 46.7 Å². The molecule has 0 atom stereocenters. The van der Waals surface area contributed by atoms with Gasteiger partial charge in [0.25, 0.3) is 5.69 Å². The first-order valence-electron chi connectivity index (χ1n) is 10.5. The molecule has 1 heterocycles. The number of benzene rings is 3. The quantitative estimate of drug-likeness (QED) is 0.332. The first-order valence-corrected chi connectivity index (χ1v) is 10.5. The maximum atomic E-state index is 11.0. The van der Waals surface area contributed by atoms with E-state index in [1.54, 1.807) is 12.1 Å². The fraction of sp³-hybridized carbons (Fsp3) is 0.240. The van der Waals surface area contributed by atoms with Crippen LogP contribution in [0.3, 0.4) is 0 Å². The van der Waals surface area contributed by atoms with Gasteiger partial charge in [0.15, 0.2) is 0 Å². The van der Waals surface area contributed by atoms with E-state index in [1.165, 1.54) is 17.2 Å². The summed E-state index contributed by atoms with van der Waals surface area (Å²) in [6.07, 6.45) is 0. The van der Waals surface area contributed by atoms with Gasteiger partial charge in [0.2, 0.25) is 0 Å². The number of hydrogen-bond acceptors (Lipinski definition) is 5. The summed E-state index contributed by atoms with van der Waals surface area (Å²) < 4.78 is 0. The topological polar surface area (TPSA) is 62.0 Å². The van der Waals surface area contributed by atoms with E-state index < -0.39 is 0 Å². The summed E-state index contributed by atoms with van der Waals surface area (Å²) in [7, 11) is 0. The van der Waals surface area contributed by atoms with Crippen molar-refractivity contribution in [2.24, 2.45) is 5.10 Å². The Bertz CT molecular complexity index is 1010. The van der Waals surface area contributed by atoms with Crippen LogP contribution in [0.1, 0.15) is 29.7 Å². The van der Waals surface area contributed by atoms with Gasteiger partial charge in [0, 0.05) is 43.9 Å². The van der Waals surface area contributed by atoms with Crippen LogP contribution in [-0.2, 0) is 0 Å². The molecule has 0 unspecified atom stereocenters. The highest BCUT2D eigenvalue weighted by Gasteiger charge is 2.26. The zero-order valence-corrected chi connectivity index (χ0v) is 17.6. The van der Waals surface area contributed by atoms with Gasteiger partial charge >= 0.3 is 0 Å². The van der Waals surface area contributed by atoms with Gasteiger partial charge in [0.1, 0.15) is 0 Å². The fourth-order valence-electron chi connectivity index (χ4n) is 4.07. The molecule has 6 heteroatoms. The van der Waals surface area contributed by atoms with E-state index in [1.807, 2.05) is 13.0 Å². The molecular weight excluding hydrogens is 388 g/mol. The Morgan fingerprint density at radius 3 is 2.00 bits per heavy atom. The summed E-state index contributed by atoms with van der Waals surface area (Å²) in [5, 5.41) is 17.9. The van der Waals surface area contributed by atoms with E-state index in [2.05, 4.69) is 70.6 Å². The Labute approximate surface area is 182 Å². The van der Waals surface area contributed by atoms with Crippen molar-refractivity contribution >= 4 is 11.4 Å². The lowest BCUT2D eigenvalue weighted by Crippen LogP contribution is -2.46. The molecule has 3 aromatic rings. The van der Waals surface area contributed by atoms with Gasteiger partial charge in [-0.05, 0) is 18.1 Å². The molecule has 0 aromatic heterocycles. The molecule has 1 fully saturated rings. The maximum absolute atomic E-state index is 11.0. The molecule has 0 aliphatic carbocycles. The van der Waals surface area contributed by atoms with Gasteiger partial charge in [0.05, 0.1) is 16.7 Å². The average molecular weight is 415 g/mol. The van der Waals surface area contributed by atoms with Crippen LogP contribution in [0.25, 0.3) is 0 Å². The zero-order chi connectivity index (χ0) is 21.6. The molecule has 1 aliphatic rings. The molecule has 6 nitrogen and oxygen atoms in total. The molecule has 4 rings (SSSR count). The lowest BCUT2D eigenvalue weighted by molar-refractivity contribution is -0.384. The summed E-state index contributed by atoms with van der Waals surface area (Å²) in [6, 6.07) is 28.1. The second-order valence-electron chi connectivity index (χ2n) is 7.71. The van der Waals surface area contributed by atoms with Crippen molar-refractivity contribution in [2.45, 2.75) is 13.0 Å². The molecule has 0 N–H and O–H groups in total. The Kier molecular flexibility index (Phi) is 6.38. The molecule has 1 saturated heterocycles. The fourth-order valence-corrected chi connectivity index (χ4v) is 4.07. The monoisotopic (exact) mass is 414 g/mol. The minimum atomic E-state index is -0.372. The van der Waals surface area contributed by atoms with Gasteiger partial charge in [-0.2, -0.15) is 5.10 Å². The van der Waals surface area contributed by atoms with E-state index in [-0.39, 0.29) is 16.7 Å². The van der Waals surface area contributed by atoms with Gasteiger partial charge in [-0.3, -0.25) is 20.0 Å². The number of piperazine rings is 1. The van der Waals surface area contributed by atoms with Crippen LogP contribution >= 0.6 is 0 Å². The summed E-state index contributed by atoms with van der Waals surface area (Å²) in [5.41, 5.74) is 4.24. The molecule has 158 valence electrons. The predicted molar refractivity (Wildman–Crippen MR) is 123 cm³/mol. The minimum Gasteiger partial charge on any atom is -0.294 e. The van der Waals surface area contributed by atoms with Crippen molar-refractivity contribution in [3.63, 3.8) is 0 Å². The normalized spacial score (nSPS) is 15.3. The lowest BCUT2D eigenvalue weighted by Gasteiger charge is -2.39. The van der Waals surface area contributed by atoms with E-state index in [4.69, 9.17) is 5.10 Å². The smallest absolute Gasteiger partial charge is 0.270 e. The largest absolute Gasteiger partial charge is 0.294 e. The third kappa shape index (κ3) is 4.98. The number of nitro groups is 1. The lowest BCUT2D eigenvalue weighted by atomic mass is 9.96. The Hall–Kier alpha value is -3.51. The molecule has 0 bridgehead atoms. The van der Waals surface area contributed by atoms with Gasteiger partial charge in [-0.15, -0.1) is 0 Å². The maximum Gasteiger partial charge on any atom is 0.270 e. The van der Waals surface area contributed by atoms with Crippen LogP contribution < -0.4 is 0 Å². The van der Waals surface area contributed by atoms with E-state index in [9.17, 15) is 10.1 Å². The second-order valence-corrected chi connectivity index (χ2v) is 7.71. The van der Waals surface area contributed by atoms with Crippen LogP contribution in [0.2, 0.25) is 0 Å². The summed E-state index contributed by atoms with van der Waals surface area (Å²) >= 11 is 0. The Morgan fingerprint density at radius 2 is 1.45 bits per heavy atom. The van der Waals surface area contributed by atoms with E-state index >= 15 is 0 Å². The minimum absolute atomic E-state index is 0.0884. The number of rotatable bonds is 6. The standard InChI is InChI=1S/C25H26N4O2/c1-20(23-13-8-14-24(19-23)29(30)31)26-28-17-15-27(16-18-28)25(21-9-4-2-5-10-21)22-11-6-3-7-12-22/h2-14,19,25H,15-18H2,1H3/b26-20-. The second kappa shape index (κ2) is 9.53. The van der Waals surface area contributed by atoms with E-state index in [0.717, 1.165) is 37.5 Å². The van der Waals surface area contributed by atoms with Gasteiger partial charge < -0.3 is 0 Å². The number of hydrazone groups is 1. The predicted octanol–water partition coefficient (Wildman–Crippen LogP) is 4.73. The molecule has 31 heavy (non-hydrogen) atoms. The number of hydrogen-bond donors (Lipinski definition) is 0. The highest BCUT2D eigenvalue weighted by atomic mass is 16.6. The van der Waals surface area contributed by atoms with Crippen molar-refractivity contribution in [1.82, 2.24) is 9.91 Å². The van der Waals surface area contributed by atoms with Crippen LogP contribution in [0.5, 0.6) is 0 Å².